The number of piperidine rings is 1. The number of carbonyl (C=O) groups excluding carboxylic acids is 1. The number of hydrogen-bond acceptors (Lipinski definition) is 4. The van der Waals surface area contributed by atoms with Crippen LogP contribution in [0.2, 0.25) is 0 Å². The van der Waals surface area contributed by atoms with Gasteiger partial charge >= 0.3 is 0 Å². The molecule has 1 saturated heterocycles. The summed E-state index contributed by atoms with van der Waals surface area (Å²) < 4.78 is 0. The van der Waals surface area contributed by atoms with Crippen LogP contribution in [0.3, 0.4) is 0 Å². The highest BCUT2D eigenvalue weighted by atomic mass is 16.2. The summed E-state index contributed by atoms with van der Waals surface area (Å²) in [7, 11) is 0. The lowest BCUT2D eigenvalue weighted by atomic mass is 10.0. The lowest BCUT2D eigenvalue weighted by Gasteiger charge is -2.22. The minimum Gasteiger partial charge on any atom is -0.325 e. The van der Waals surface area contributed by atoms with Gasteiger partial charge in [-0.25, -0.2) is 4.98 Å². The van der Waals surface area contributed by atoms with E-state index in [9.17, 15) is 4.79 Å². The number of benzene rings is 1. The van der Waals surface area contributed by atoms with E-state index in [0.29, 0.717) is 11.7 Å². The number of aromatic nitrogens is 3. The normalized spacial score (nSPS) is 21.1. The quantitative estimate of drug-likeness (QED) is 0.810. The van der Waals surface area contributed by atoms with Crippen molar-refractivity contribution >= 4 is 11.6 Å². The second kappa shape index (κ2) is 6.12. The molecule has 0 spiro atoms. The largest absolute Gasteiger partial charge is 0.325 e. The van der Waals surface area contributed by atoms with Gasteiger partial charge in [-0.3, -0.25) is 9.89 Å². The van der Waals surface area contributed by atoms with Crippen LogP contribution in [0.15, 0.2) is 24.3 Å². The van der Waals surface area contributed by atoms with Gasteiger partial charge in [-0.2, -0.15) is 5.10 Å². The van der Waals surface area contributed by atoms with Crippen LogP contribution < -0.4 is 10.6 Å². The molecule has 1 aromatic heterocycles. The summed E-state index contributed by atoms with van der Waals surface area (Å²) in [5.74, 6) is 2.26. The molecule has 1 atom stereocenters. The molecule has 0 bridgehead atoms. The maximum absolute atomic E-state index is 12.3. The molecule has 1 amide bonds. The minimum absolute atomic E-state index is 0.0375. The Morgan fingerprint density at radius 1 is 1.22 bits per heavy atom. The van der Waals surface area contributed by atoms with Crippen LogP contribution >= 0.6 is 0 Å². The Morgan fingerprint density at radius 2 is 2.13 bits per heavy atom. The third-order valence-corrected chi connectivity index (χ3v) is 4.48. The van der Waals surface area contributed by atoms with Gasteiger partial charge in [-0.1, -0.05) is 18.6 Å². The fraction of sp³-hybridized carbons (Fsp3) is 0.471. The zero-order valence-corrected chi connectivity index (χ0v) is 13.0. The molecule has 6 heteroatoms. The van der Waals surface area contributed by atoms with Crippen LogP contribution in [0.4, 0.5) is 5.69 Å². The number of H-pyrrole nitrogens is 1. The second-order valence-electron chi connectivity index (χ2n) is 6.39. The number of aromatic amines is 1. The molecule has 2 aromatic rings. The highest BCUT2D eigenvalue weighted by Gasteiger charge is 2.27. The number of anilines is 1. The molecule has 2 heterocycles. The van der Waals surface area contributed by atoms with Crippen molar-refractivity contribution in [2.24, 2.45) is 0 Å². The summed E-state index contributed by atoms with van der Waals surface area (Å²) in [4.78, 5) is 16.9. The van der Waals surface area contributed by atoms with Crippen molar-refractivity contribution < 1.29 is 4.79 Å². The molecule has 1 aromatic carbocycles. The number of hydrogen-bond donors (Lipinski definition) is 3. The van der Waals surface area contributed by atoms with E-state index in [4.69, 9.17) is 0 Å². The first-order chi connectivity index (χ1) is 11.3. The highest BCUT2D eigenvalue weighted by molar-refractivity contribution is 5.95. The molecule has 2 fully saturated rings. The topological polar surface area (TPSA) is 82.7 Å². The molecule has 0 radical (unpaired) electrons. The zero-order chi connectivity index (χ0) is 15.6. The summed E-state index contributed by atoms with van der Waals surface area (Å²) in [6, 6.07) is 7.64. The summed E-state index contributed by atoms with van der Waals surface area (Å²) in [6.45, 7) is 0.916. The molecule has 120 valence electrons. The molecule has 2 aliphatic rings. The van der Waals surface area contributed by atoms with Crippen LogP contribution in [0, 0.1) is 0 Å². The molecule has 1 aliphatic heterocycles. The first-order valence-electron chi connectivity index (χ1n) is 8.36. The number of amides is 1. The standard InChI is InChI=1S/C17H21N5O/c23-17(14-6-1-2-9-18-14)19-13-5-3-4-12(10-13)16-20-15(21-22-16)11-7-8-11/h3-5,10-11,14,18H,1-2,6-9H2,(H,19,23)(H,20,21,22). The van der Waals surface area contributed by atoms with Gasteiger partial charge in [0.25, 0.3) is 0 Å². The molecule has 3 N–H and O–H groups in total. The molecule has 1 aliphatic carbocycles. The summed E-state index contributed by atoms with van der Waals surface area (Å²) in [6.07, 6.45) is 5.54. The molecule has 23 heavy (non-hydrogen) atoms. The van der Waals surface area contributed by atoms with Crippen LogP contribution in [0.5, 0.6) is 0 Å². The molecule has 1 unspecified atom stereocenters. The number of nitrogens with one attached hydrogen (secondary N) is 3. The number of carbonyl (C=O) groups is 1. The van der Waals surface area contributed by atoms with Crippen molar-refractivity contribution in [2.75, 3.05) is 11.9 Å². The number of nitrogens with zero attached hydrogens (tertiary/aromatic N) is 2. The molecule has 1 saturated carbocycles. The maximum Gasteiger partial charge on any atom is 0.241 e. The van der Waals surface area contributed by atoms with E-state index in [1.54, 1.807) is 0 Å². The smallest absolute Gasteiger partial charge is 0.241 e. The van der Waals surface area contributed by atoms with Gasteiger partial charge in [0.15, 0.2) is 5.82 Å². The monoisotopic (exact) mass is 311 g/mol. The Kier molecular flexibility index (Phi) is 3.83. The average Bonchev–Trinajstić information content (AvgIpc) is 3.33. The first-order valence-corrected chi connectivity index (χ1v) is 8.36. The van der Waals surface area contributed by atoms with E-state index in [0.717, 1.165) is 42.9 Å². The van der Waals surface area contributed by atoms with Gasteiger partial charge in [-0.15, -0.1) is 0 Å². The van der Waals surface area contributed by atoms with E-state index in [1.165, 1.54) is 12.8 Å². The Morgan fingerprint density at radius 3 is 2.91 bits per heavy atom. The molecule has 4 rings (SSSR count). The second-order valence-corrected chi connectivity index (χ2v) is 6.39. The summed E-state index contributed by atoms with van der Waals surface area (Å²) in [5, 5.41) is 13.6. The van der Waals surface area contributed by atoms with Gasteiger partial charge in [0.2, 0.25) is 5.91 Å². The fourth-order valence-corrected chi connectivity index (χ4v) is 2.98. The van der Waals surface area contributed by atoms with Crippen molar-refractivity contribution in [3.8, 4) is 11.4 Å². The predicted octanol–water partition coefficient (Wildman–Crippen LogP) is 2.43. The SMILES string of the molecule is O=C(Nc1cccc(-c2n[nH]c(C3CC3)n2)c1)C1CCCCN1. The van der Waals surface area contributed by atoms with E-state index in [-0.39, 0.29) is 11.9 Å². The lowest BCUT2D eigenvalue weighted by molar-refractivity contribution is -0.118. The summed E-state index contributed by atoms with van der Waals surface area (Å²) in [5.41, 5.74) is 1.71. The first kappa shape index (κ1) is 14.4. The van der Waals surface area contributed by atoms with Crippen LogP contribution in [0.1, 0.15) is 43.8 Å². The highest BCUT2D eigenvalue weighted by Crippen LogP contribution is 2.38. The third kappa shape index (κ3) is 3.27. The Balaban J connectivity index is 1.47. The number of rotatable bonds is 4. The average molecular weight is 311 g/mol. The Hall–Kier alpha value is -2.21. The molecular weight excluding hydrogens is 290 g/mol. The third-order valence-electron chi connectivity index (χ3n) is 4.48. The van der Waals surface area contributed by atoms with Crippen molar-refractivity contribution in [3.05, 3.63) is 30.1 Å². The summed E-state index contributed by atoms with van der Waals surface area (Å²) >= 11 is 0. The van der Waals surface area contributed by atoms with Crippen molar-refractivity contribution in [2.45, 2.75) is 44.1 Å². The Labute approximate surface area is 135 Å². The van der Waals surface area contributed by atoms with Gasteiger partial charge in [0.05, 0.1) is 6.04 Å². The lowest BCUT2D eigenvalue weighted by Crippen LogP contribution is -2.43. The van der Waals surface area contributed by atoms with E-state index in [1.807, 2.05) is 24.3 Å². The maximum atomic E-state index is 12.3. The zero-order valence-electron chi connectivity index (χ0n) is 13.0. The van der Waals surface area contributed by atoms with Gasteiger partial charge in [0.1, 0.15) is 5.82 Å². The van der Waals surface area contributed by atoms with E-state index < -0.39 is 0 Å². The minimum atomic E-state index is -0.0858. The van der Waals surface area contributed by atoms with E-state index >= 15 is 0 Å². The van der Waals surface area contributed by atoms with Gasteiger partial charge < -0.3 is 10.6 Å². The van der Waals surface area contributed by atoms with Gasteiger partial charge in [0, 0.05) is 17.2 Å². The predicted molar refractivity (Wildman–Crippen MR) is 88.1 cm³/mol. The Bertz CT molecular complexity index is 701. The van der Waals surface area contributed by atoms with Crippen LogP contribution in [-0.4, -0.2) is 33.7 Å². The van der Waals surface area contributed by atoms with E-state index in [2.05, 4.69) is 25.8 Å². The van der Waals surface area contributed by atoms with Crippen molar-refractivity contribution in [1.82, 2.24) is 20.5 Å². The molecule has 6 nitrogen and oxygen atoms in total. The fourth-order valence-electron chi connectivity index (χ4n) is 2.98. The van der Waals surface area contributed by atoms with Crippen LogP contribution in [-0.2, 0) is 4.79 Å². The molecular formula is C17H21N5O. The van der Waals surface area contributed by atoms with Crippen molar-refractivity contribution in [1.29, 1.82) is 0 Å². The van der Waals surface area contributed by atoms with Crippen LogP contribution in [0.25, 0.3) is 11.4 Å². The van der Waals surface area contributed by atoms with Crippen molar-refractivity contribution in [3.63, 3.8) is 0 Å². The van der Waals surface area contributed by atoms with Gasteiger partial charge in [-0.05, 0) is 44.4 Å².